The minimum Gasteiger partial charge on any atom is -0.323 e. The number of amides is 2. The molecule has 3 rings (SSSR count). The SMILES string of the molecule is Cc1cc(NC(=O)N(C)Cc2ccc(Br)cc2)ccc1-n1cnnn1. The van der Waals surface area contributed by atoms with Gasteiger partial charge in [0.15, 0.2) is 0 Å². The van der Waals surface area contributed by atoms with Crippen molar-refractivity contribution in [3.63, 3.8) is 0 Å². The van der Waals surface area contributed by atoms with Crippen LogP contribution >= 0.6 is 15.9 Å². The maximum absolute atomic E-state index is 12.4. The molecule has 0 saturated carbocycles. The molecule has 0 aliphatic rings. The molecule has 7 nitrogen and oxygen atoms in total. The van der Waals surface area contributed by atoms with E-state index in [1.165, 1.54) is 6.33 Å². The largest absolute Gasteiger partial charge is 0.323 e. The average molecular weight is 401 g/mol. The number of aryl methyl sites for hydroxylation is 1. The first-order chi connectivity index (χ1) is 12.0. The number of nitrogens with one attached hydrogen (secondary N) is 1. The van der Waals surface area contributed by atoms with Crippen molar-refractivity contribution in [3.8, 4) is 5.69 Å². The highest BCUT2D eigenvalue weighted by molar-refractivity contribution is 9.10. The maximum atomic E-state index is 12.4. The molecule has 0 fully saturated rings. The van der Waals surface area contributed by atoms with Gasteiger partial charge in [-0.2, -0.15) is 0 Å². The lowest BCUT2D eigenvalue weighted by atomic mass is 10.2. The summed E-state index contributed by atoms with van der Waals surface area (Å²) in [5.41, 5.74) is 3.61. The van der Waals surface area contributed by atoms with E-state index in [2.05, 4.69) is 36.8 Å². The molecule has 1 aromatic heterocycles. The van der Waals surface area contributed by atoms with E-state index in [-0.39, 0.29) is 6.03 Å². The molecule has 0 bridgehead atoms. The summed E-state index contributed by atoms with van der Waals surface area (Å²) in [4.78, 5) is 14.0. The molecule has 3 aromatic rings. The summed E-state index contributed by atoms with van der Waals surface area (Å²) in [7, 11) is 1.76. The topological polar surface area (TPSA) is 75.9 Å². The number of hydrogen-bond acceptors (Lipinski definition) is 4. The number of tetrazole rings is 1. The van der Waals surface area contributed by atoms with Crippen LogP contribution in [0.3, 0.4) is 0 Å². The third-order valence-electron chi connectivity index (χ3n) is 3.72. The number of carbonyl (C=O) groups is 1. The molecule has 0 aliphatic carbocycles. The molecule has 2 aromatic carbocycles. The van der Waals surface area contributed by atoms with Gasteiger partial charge in [-0.1, -0.05) is 28.1 Å². The third-order valence-corrected chi connectivity index (χ3v) is 4.25. The van der Waals surface area contributed by atoms with E-state index in [9.17, 15) is 4.79 Å². The van der Waals surface area contributed by atoms with Crippen LogP contribution in [-0.2, 0) is 6.54 Å². The molecule has 0 radical (unpaired) electrons. The van der Waals surface area contributed by atoms with Crippen LogP contribution in [0.4, 0.5) is 10.5 Å². The van der Waals surface area contributed by atoms with Crippen LogP contribution in [0.5, 0.6) is 0 Å². The molecule has 0 saturated heterocycles. The van der Waals surface area contributed by atoms with Gasteiger partial charge in [0.1, 0.15) is 6.33 Å². The van der Waals surface area contributed by atoms with Crippen LogP contribution < -0.4 is 5.32 Å². The Labute approximate surface area is 153 Å². The van der Waals surface area contributed by atoms with Gasteiger partial charge >= 0.3 is 6.03 Å². The van der Waals surface area contributed by atoms with Gasteiger partial charge in [0.05, 0.1) is 5.69 Å². The molecule has 128 valence electrons. The van der Waals surface area contributed by atoms with Crippen molar-refractivity contribution in [1.82, 2.24) is 25.1 Å². The Kier molecular flexibility index (Phi) is 5.08. The fourth-order valence-electron chi connectivity index (χ4n) is 2.42. The Bertz CT molecular complexity index is 863. The van der Waals surface area contributed by atoms with Gasteiger partial charge in [0.25, 0.3) is 0 Å². The number of nitrogens with zero attached hydrogens (tertiary/aromatic N) is 5. The van der Waals surface area contributed by atoms with Gasteiger partial charge in [-0.25, -0.2) is 9.48 Å². The van der Waals surface area contributed by atoms with Gasteiger partial charge < -0.3 is 10.2 Å². The number of hydrogen-bond donors (Lipinski definition) is 1. The average Bonchev–Trinajstić information content (AvgIpc) is 3.11. The quantitative estimate of drug-likeness (QED) is 0.727. The number of urea groups is 1. The molecular weight excluding hydrogens is 384 g/mol. The first kappa shape index (κ1) is 17.1. The van der Waals surface area contributed by atoms with Gasteiger partial charge in [0.2, 0.25) is 0 Å². The minimum atomic E-state index is -0.169. The Morgan fingerprint density at radius 2 is 2.00 bits per heavy atom. The monoisotopic (exact) mass is 400 g/mol. The van der Waals surface area contributed by atoms with Gasteiger partial charge in [-0.15, -0.1) is 5.10 Å². The Hall–Kier alpha value is -2.74. The number of carbonyl (C=O) groups excluding carboxylic acids is 1. The second kappa shape index (κ2) is 7.43. The summed E-state index contributed by atoms with van der Waals surface area (Å²) in [5.74, 6) is 0. The molecule has 8 heteroatoms. The Morgan fingerprint density at radius 3 is 2.64 bits per heavy atom. The van der Waals surface area contributed by atoms with Crippen LogP contribution in [0.2, 0.25) is 0 Å². The summed E-state index contributed by atoms with van der Waals surface area (Å²) in [6.07, 6.45) is 1.53. The van der Waals surface area contributed by atoms with Crippen molar-refractivity contribution in [2.75, 3.05) is 12.4 Å². The van der Waals surface area contributed by atoms with Crippen LogP contribution in [0.1, 0.15) is 11.1 Å². The number of aromatic nitrogens is 4. The van der Waals surface area contributed by atoms with Crippen LogP contribution in [0, 0.1) is 6.92 Å². The van der Waals surface area contributed by atoms with Crippen molar-refractivity contribution in [3.05, 3.63) is 64.4 Å². The lowest BCUT2D eigenvalue weighted by molar-refractivity contribution is 0.220. The molecule has 0 spiro atoms. The third kappa shape index (κ3) is 4.21. The van der Waals surface area contributed by atoms with Gasteiger partial charge in [-0.3, -0.25) is 0 Å². The second-order valence-electron chi connectivity index (χ2n) is 5.67. The fourth-order valence-corrected chi connectivity index (χ4v) is 2.68. The number of halogens is 1. The highest BCUT2D eigenvalue weighted by Gasteiger charge is 2.11. The Morgan fingerprint density at radius 1 is 1.24 bits per heavy atom. The summed E-state index contributed by atoms with van der Waals surface area (Å²) >= 11 is 3.40. The summed E-state index contributed by atoms with van der Waals surface area (Å²) in [6.45, 7) is 2.47. The molecule has 0 aliphatic heterocycles. The number of rotatable bonds is 4. The van der Waals surface area contributed by atoms with Crippen molar-refractivity contribution in [2.24, 2.45) is 0 Å². The van der Waals surface area contributed by atoms with E-state index in [1.54, 1.807) is 16.6 Å². The van der Waals surface area contributed by atoms with E-state index in [0.29, 0.717) is 6.54 Å². The molecule has 0 unspecified atom stereocenters. The van der Waals surface area contributed by atoms with E-state index in [4.69, 9.17) is 0 Å². The first-order valence-electron chi connectivity index (χ1n) is 7.63. The van der Waals surface area contributed by atoms with Crippen molar-refractivity contribution < 1.29 is 4.79 Å². The summed E-state index contributed by atoms with van der Waals surface area (Å²) < 4.78 is 2.60. The van der Waals surface area contributed by atoms with Crippen molar-refractivity contribution >= 4 is 27.6 Å². The number of benzene rings is 2. The van der Waals surface area contributed by atoms with Crippen LogP contribution in [-0.4, -0.2) is 38.2 Å². The zero-order chi connectivity index (χ0) is 17.8. The van der Waals surface area contributed by atoms with E-state index in [0.717, 1.165) is 27.0 Å². The van der Waals surface area contributed by atoms with Crippen LogP contribution in [0.25, 0.3) is 5.69 Å². The Balaban J connectivity index is 1.66. The maximum Gasteiger partial charge on any atom is 0.321 e. The molecular formula is C17H17BrN6O. The normalized spacial score (nSPS) is 10.5. The lowest BCUT2D eigenvalue weighted by Crippen LogP contribution is -2.30. The summed E-state index contributed by atoms with van der Waals surface area (Å²) in [5, 5.41) is 14.0. The second-order valence-corrected chi connectivity index (χ2v) is 6.58. The lowest BCUT2D eigenvalue weighted by Gasteiger charge is -2.18. The zero-order valence-electron chi connectivity index (χ0n) is 13.8. The predicted octanol–water partition coefficient (Wildman–Crippen LogP) is 3.40. The minimum absolute atomic E-state index is 0.169. The fraction of sp³-hybridized carbons (Fsp3) is 0.176. The zero-order valence-corrected chi connectivity index (χ0v) is 15.4. The van der Waals surface area contributed by atoms with E-state index >= 15 is 0 Å². The van der Waals surface area contributed by atoms with Gasteiger partial charge in [-0.05, 0) is 58.8 Å². The molecule has 2 amide bonds. The van der Waals surface area contributed by atoms with Crippen molar-refractivity contribution in [2.45, 2.75) is 13.5 Å². The first-order valence-corrected chi connectivity index (χ1v) is 8.43. The molecule has 1 N–H and O–H groups in total. The molecule has 25 heavy (non-hydrogen) atoms. The highest BCUT2D eigenvalue weighted by Crippen LogP contribution is 2.18. The standard InChI is InChI=1S/C17H17BrN6O/c1-12-9-15(7-8-16(12)24-11-19-21-22-24)20-17(25)23(2)10-13-3-5-14(18)6-4-13/h3-9,11H,10H2,1-2H3,(H,20,25). The molecule has 1 heterocycles. The number of anilines is 1. The molecule has 0 atom stereocenters. The van der Waals surface area contributed by atoms with Gasteiger partial charge in [0, 0.05) is 23.8 Å². The van der Waals surface area contributed by atoms with Crippen molar-refractivity contribution in [1.29, 1.82) is 0 Å². The summed E-state index contributed by atoms with van der Waals surface area (Å²) in [6, 6.07) is 13.3. The van der Waals surface area contributed by atoms with E-state index < -0.39 is 0 Å². The smallest absolute Gasteiger partial charge is 0.321 e. The van der Waals surface area contributed by atoms with Crippen LogP contribution in [0.15, 0.2) is 53.3 Å². The highest BCUT2D eigenvalue weighted by atomic mass is 79.9. The van der Waals surface area contributed by atoms with E-state index in [1.807, 2.05) is 49.4 Å². The predicted molar refractivity (Wildman–Crippen MR) is 98.5 cm³/mol.